The molecule has 13 aromatic carbocycles. The van der Waals surface area contributed by atoms with Crippen molar-refractivity contribution < 1.29 is 0 Å². The Hall–Kier alpha value is -10.7. The minimum atomic E-state index is -0.168. The first kappa shape index (κ1) is 67.2. The summed E-state index contributed by atoms with van der Waals surface area (Å²) < 4.78 is 2.54. The Balaban J connectivity index is 0.897. The summed E-state index contributed by atoms with van der Waals surface area (Å²) in [7, 11) is 0. The minimum Gasteiger partial charge on any atom is -0.311 e. The summed E-state index contributed by atoms with van der Waals surface area (Å²) in [6, 6.07) is 108. The SMILES string of the molecule is CC(C)(C)c1cc(-c2ccc3c(c2)B2c4ccc(-n5c6ccc(-c7ccccc7)cc6c6cc(-c7ccccc7)ccc65)cc4N(c4ccc(-c5ccc6c(c5)C(C)(C)CCC6(C)C)cc4)c4cc(-c5ccccc5)cc(c42)N3c2ccc(-c3ccc4c(c3)C(C)(C)CCC4(C)C)cc2)cc(C(C)(C)C)c1. The first-order chi connectivity index (χ1) is 50.7. The zero-order valence-corrected chi connectivity index (χ0v) is 64.3. The van der Waals surface area contributed by atoms with Crippen molar-refractivity contribution in [3.05, 3.63) is 312 Å². The third-order valence-corrected chi connectivity index (χ3v) is 25.0. The molecule has 0 saturated heterocycles. The summed E-state index contributed by atoms with van der Waals surface area (Å²) >= 11 is 0. The van der Waals surface area contributed by atoms with Crippen LogP contribution in [0.2, 0.25) is 0 Å². The third-order valence-electron chi connectivity index (χ3n) is 25.0. The van der Waals surface area contributed by atoms with Crippen LogP contribution in [0.25, 0.3) is 94.3 Å². The molecule has 3 heterocycles. The van der Waals surface area contributed by atoms with Gasteiger partial charge in [0.05, 0.1) is 11.0 Å². The molecule has 0 amide bonds. The molecule has 14 aromatic rings. The lowest BCUT2D eigenvalue weighted by atomic mass is 9.33. The van der Waals surface area contributed by atoms with Crippen molar-refractivity contribution in [3.63, 3.8) is 0 Å². The van der Waals surface area contributed by atoms with Crippen LogP contribution < -0.4 is 26.2 Å². The van der Waals surface area contributed by atoms with E-state index in [0.717, 1.165) is 39.3 Å². The lowest BCUT2D eigenvalue weighted by molar-refractivity contribution is 0.332. The quantitative estimate of drug-likeness (QED) is 0.133. The lowest BCUT2D eigenvalue weighted by Gasteiger charge is -2.45. The summed E-state index contributed by atoms with van der Waals surface area (Å²) in [4.78, 5) is 5.25. The Bertz CT molecular complexity index is 5710. The maximum atomic E-state index is 2.63. The number of anilines is 6. The molecule has 18 rings (SSSR count). The number of aromatic nitrogens is 1. The van der Waals surface area contributed by atoms with Crippen LogP contribution >= 0.6 is 0 Å². The van der Waals surface area contributed by atoms with Crippen molar-refractivity contribution in [2.75, 3.05) is 9.80 Å². The molecule has 4 heteroatoms. The van der Waals surface area contributed by atoms with Gasteiger partial charge in [-0.2, -0.15) is 0 Å². The summed E-state index contributed by atoms with van der Waals surface area (Å²) in [5.41, 5.74) is 37.7. The van der Waals surface area contributed by atoms with Gasteiger partial charge in [0.1, 0.15) is 0 Å². The first-order valence-corrected chi connectivity index (χ1v) is 38.7. The molecule has 1 aromatic heterocycles. The highest BCUT2D eigenvalue weighted by Gasteiger charge is 2.45. The Morgan fingerprint density at radius 2 is 0.623 bits per heavy atom. The van der Waals surface area contributed by atoms with Crippen molar-refractivity contribution in [1.82, 2.24) is 4.57 Å². The summed E-state index contributed by atoms with van der Waals surface area (Å²) in [5, 5.41) is 2.44. The number of rotatable bonds is 9. The van der Waals surface area contributed by atoms with Crippen LogP contribution in [0.5, 0.6) is 0 Å². The molecule has 0 bridgehead atoms. The summed E-state index contributed by atoms with van der Waals surface area (Å²) in [6.07, 6.45) is 4.72. The molecule has 0 fully saturated rings. The molecule has 2 aliphatic carbocycles. The largest absolute Gasteiger partial charge is 0.311 e. The van der Waals surface area contributed by atoms with E-state index in [1.165, 1.54) is 164 Å². The van der Waals surface area contributed by atoms with Crippen LogP contribution in [-0.4, -0.2) is 11.3 Å². The molecule has 0 atom stereocenters. The van der Waals surface area contributed by atoms with Gasteiger partial charge in [0, 0.05) is 50.6 Å². The van der Waals surface area contributed by atoms with E-state index in [-0.39, 0.29) is 39.2 Å². The molecule has 522 valence electrons. The minimum absolute atomic E-state index is 0.0650. The second-order valence-electron chi connectivity index (χ2n) is 35.9. The van der Waals surface area contributed by atoms with Gasteiger partial charge in [-0.1, -0.05) is 297 Å². The molecular formula is C102H96BN3. The second-order valence-corrected chi connectivity index (χ2v) is 35.9. The van der Waals surface area contributed by atoms with Crippen LogP contribution in [0.3, 0.4) is 0 Å². The van der Waals surface area contributed by atoms with Gasteiger partial charge in [-0.15, -0.1) is 0 Å². The molecule has 106 heavy (non-hydrogen) atoms. The van der Waals surface area contributed by atoms with E-state index >= 15 is 0 Å². The van der Waals surface area contributed by atoms with Gasteiger partial charge in [0.25, 0.3) is 6.71 Å². The van der Waals surface area contributed by atoms with Crippen molar-refractivity contribution in [3.8, 4) is 72.4 Å². The van der Waals surface area contributed by atoms with E-state index in [4.69, 9.17) is 0 Å². The van der Waals surface area contributed by atoms with Crippen LogP contribution in [0, 0.1) is 0 Å². The number of fused-ring (bicyclic) bond motifs is 9. The second kappa shape index (κ2) is 24.4. The van der Waals surface area contributed by atoms with Crippen LogP contribution in [0.4, 0.5) is 34.1 Å². The highest BCUT2D eigenvalue weighted by molar-refractivity contribution is 7.00. The highest BCUT2D eigenvalue weighted by atomic mass is 15.2. The summed E-state index contributed by atoms with van der Waals surface area (Å²) in [5.74, 6) is 0. The van der Waals surface area contributed by atoms with Gasteiger partial charge in [-0.05, 0) is 254 Å². The molecule has 2 aliphatic heterocycles. The van der Waals surface area contributed by atoms with E-state index in [9.17, 15) is 0 Å². The number of nitrogens with zero attached hydrogens (tertiary/aromatic N) is 3. The number of benzene rings is 13. The summed E-state index contributed by atoms with van der Waals surface area (Å²) in [6.45, 7) is 33.4. The van der Waals surface area contributed by atoms with Gasteiger partial charge in [0.2, 0.25) is 0 Å². The Kier molecular flexibility index (Phi) is 15.5. The standard InChI is InChI=1S/C102H96BN3/c1-97(2,3)77-54-75(55-78(63-77)98(4,5)6)74-38-49-92-89(60-74)103-88-46-43-81(106-90-47-36-70(65-24-18-15-19-25-65)56-82(90)83-57-71(37-48-91(83)106)66-26-20-16-21-27-66)64-93(88)105(80-41-32-69(33-42-80)73-35-45-85-87(59-73)102(13,14)53-51-100(85,9)10)95-62-76(67-28-22-17-23-29-67)61-94(96(95)103)104(92)79-39-30-68(31-40-79)72-34-44-84-86(58-72)101(11,12)52-50-99(84,7)8/h15-49,54-64H,50-53H2,1-14H3. The maximum absolute atomic E-state index is 2.63. The Labute approximate surface area is 629 Å². The van der Waals surface area contributed by atoms with E-state index < -0.39 is 0 Å². The van der Waals surface area contributed by atoms with E-state index in [1.54, 1.807) is 0 Å². The van der Waals surface area contributed by atoms with Gasteiger partial charge >= 0.3 is 0 Å². The number of hydrogen-bond donors (Lipinski definition) is 0. The van der Waals surface area contributed by atoms with Crippen molar-refractivity contribution in [2.24, 2.45) is 0 Å². The van der Waals surface area contributed by atoms with Crippen LogP contribution in [0.1, 0.15) is 156 Å². The first-order valence-electron chi connectivity index (χ1n) is 38.7. The predicted molar refractivity (Wildman–Crippen MR) is 455 cm³/mol. The molecule has 4 aliphatic rings. The third kappa shape index (κ3) is 11.3. The molecule has 3 nitrogen and oxygen atoms in total. The maximum Gasteiger partial charge on any atom is 0.252 e. The molecule has 0 radical (unpaired) electrons. The molecular weight excluding hydrogens is 1280 g/mol. The van der Waals surface area contributed by atoms with Crippen molar-refractivity contribution in [2.45, 2.75) is 155 Å². The van der Waals surface area contributed by atoms with E-state index in [1.807, 2.05) is 0 Å². The molecule has 0 spiro atoms. The zero-order valence-electron chi connectivity index (χ0n) is 64.3. The van der Waals surface area contributed by atoms with Crippen LogP contribution in [0.15, 0.2) is 279 Å². The van der Waals surface area contributed by atoms with Crippen molar-refractivity contribution >= 4 is 79.0 Å². The Morgan fingerprint density at radius 1 is 0.264 bits per heavy atom. The van der Waals surface area contributed by atoms with Gasteiger partial charge in [-0.25, -0.2) is 0 Å². The van der Waals surface area contributed by atoms with Gasteiger partial charge in [0.15, 0.2) is 0 Å². The lowest BCUT2D eigenvalue weighted by Crippen LogP contribution is -2.61. The zero-order chi connectivity index (χ0) is 73.1. The monoisotopic (exact) mass is 1370 g/mol. The van der Waals surface area contributed by atoms with Gasteiger partial charge in [-0.3, -0.25) is 0 Å². The Morgan fingerprint density at radius 3 is 1.08 bits per heavy atom. The fourth-order valence-electron chi connectivity index (χ4n) is 18.4. The fraction of sp³-hybridized carbons (Fsp3) is 0.235. The normalized spacial score (nSPS) is 15.9. The molecule has 0 N–H and O–H groups in total. The predicted octanol–water partition coefficient (Wildman–Crippen LogP) is 26.2. The fourth-order valence-corrected chi connectivity index (χ4v) is 18.4. The topological polar surface area (TPSA) is 11.4 Å². The average molecular weight is 1370 g/mol. The van der Waals surface area contributed by atoms with E-state index in [0.29, 0.717) is 0 Å². The van der Waals surface area contributed by atoms with Crippen LogP contribution in [-0.2, 0) is 32.5 Å². The number of hydrogen-bond acceptors (Lipinski definition) is 2. The molecule has 0 unspecified atom stereocenters. The van der Waals surface area contributed by atoms with Crippen molar-refractivity contribution in [1.29, 1.82) is 0 Å². The van der Waals surface area contributed by atoms with E-state index in [2.05, 4.69) is 390 Å². The van der Waals surface area contributed by atoms with Gasteiger partial charge < -0.3 is 14.4 Å². The smallest absolute Gasteiger partial charge is 0.252 e. The molecule has 0 saturated carbocycles. The average Bonchev–Trinajstić information content (AvgIpc) is 0.709. The highest BCUT2D eigenvalue weighted by Crippen LogP contribution is 2.52.